The zero-order valence-corrected chi connectivity index (χ0v) is 11.1. The number of piperazine rings is 1. The molecule has 5 heteroatoms. The number of thiol groups is 1. The summed E-state index contributed by atoms with van der Waals surface area (Å²) in [5, 5.41) is 2.78. The van der Waals surface area contributed by atoms with Gasteiger partial charge in [-0.25, -0.2) is 0 Å². The zero-order chi connectivity index (χ0) is 13.1. The number of nitrogens with one attached hydrogen (secondary N) is 1. The van der Waals surface area contributed by atoms with E-state index in [1.165, 1.54) is 0 Å². The molecule has 1 aliphatic heterocycles. The number of hydrogen-bond donors (Lipinski definition) is 2. The molecule has 4 nitrogen and oxygen atoms in total. The fourth-order valence-electron chi connectivity index (χ4n) is 2.13. The monoisotopic (exact) mass is 264 g/mol. The summed E-state index contributed by atoms with van der Waals surface area (Å²) < 4.78 is 0. The molecular weight excluding hydrogens is 248 g/mol. The lowest BCUT2D eigenvalue weighted by Gasteiger charge is -2.34. The van der Waals surface area contributed by atoms with Crippen LogP contribution < -0.4 is 5.32 Å². The Hall–Kier alpha value is -1.49. The van der Waals surface area contributed by atoms with Crippen LogP contribution in [0.4, 0.5) is 0 Å². The summed E-state index contributed by atoms with van der Waals surface area (Å²) in [7, 11) is 0. The van der Waals surface area contributed by atoms with Crippen molar-refractivity contribution in [2.75, 3.05) is 13.1 Å². The average Bonchev–Trinajstić information content (AvgIpc) is 2.38. The third kappa shape index (κ3) is 2.51. The molecule has 0 bridgehead atoms. The lowest BCUT2D eigenvalue weighted by Crippen LogP contribution is -2.56. The molecule has 0 radical (unpaired) electrons. The van der Waals surface area contributed by atoms with Crippen molar-refractivity contribution in [1.29, 1.82) is 0 Å². The van der Waals surface area contributed by atoms with Crippen LogP contribution in [0.2, 0.25) is 0 Å². The van der Waals surface area contributed by atoms with Crippen LogP contribution in [0.25, 0.3) is 0 Å². The maximum atomic E-state index is 12.3. The first-order chi connectivity index (χ1) is 8.63. The minimum Gasteiger partial charge on any atom is -0.353 e. The molecule has 96 valence electrons. The molecule has 0 spiro atoms. The molecule has 2 rings (SSSR count). The van der Waals surface area contributed by atoms with E-state index in [0.717, 1.165) is 4.90 Å². The summed E-state index contributed by atoms with van der Waals surface area (Å²) in [5.41, 5.74) is 0.598. The molecule has 2 amide bonds. The van der Waals surface area contributed by atoms with Crippen molar-refractivity contribution in [3.8, 4) is 0 Å². The van der Waals surface area contributed by atoms with Gasteiger partial charge in [0.15, 0.2) is 0 Å². The van der Waals surface area contributed by atoms with Crippen molar-refractivity contribution >= 4 is 24.4 Å². The second-order valence-electron chi connectivity index (χ2n) is 4.26. The number of amides is 2. The number of nitrogens with zero attached hydrogens (tertiary/aromatic N) is 1. The molecule has 1 atom stereocenters. The van der Waals surface area contributed by atoms with Gasteiger partial charge in [0.05, 0.1) is 0 Å². The zero-order valence-electron chi connectivity index (χ0n) is 10.2. The normalized spacial score (nSPS) is 19.6. The summed E-state index contributed by atoms with van der Waals surface area (Å²) in [4.78, 5) is 26.5. The van der Waals surface area contributed by atoms with Crippen molar-refractivity contribution in [3.63, 3.8) is 0 Å². The van der Waals surface area contributed by atoms with Crippen LogP contribution in [0.1, 0.15) is 23.7 Å². The van der Waals surface area contributed by atoms with E-state index in [-0.39, 0.29) is 17.9 Å². The molecule has 0 aromatic heterocycles. The predicted molar refractivity (Wildman–Crippen MR) is 71.8 cm³/mol. The Morgan fingerprint density at radius 2 is 2.11 bits per heavy atom. The topological polar surface area (TPSA) is 49.4 Å². The molecule has 1 aliphatic rings. The number of rotatable bonds is 2. The number of hydrogen-bond acceptors (Lipinski definition) is 3. The van der Waals surface area contributed by atoms with Gasteiger partial charge in [0.1, 0.15) is 6.04 Å². The Kier molecular flexibility index (Phi) is 3.91. The quantitative estimate of drug-likeness (QED) is 0.792. The molecule has 1 saturated heterocycles. The molecule has 1 aromatic carbocycles. The lowest BCUT2D eigenvalue weighted by atomic mass is 10.1. The van der Waals surface area contributed by atoms with Crippen LogP contribution in [0, 0.1) is 0 Å². The SMILES string of the molecule is CCC1C(=O)NCCN1C(=O)c1ccc(S)cc1. The van der Waals surface area contributed by atoms with Crippen LogP contribution in [0.3, 0.4) is 0 Å². The van der Waals surface area contributed by atoms with Gasteiger partial charge in [0, 0.05) is 23.5 Å². The van der Waals surface area contributed by atoms with Crippen LogP contribution in [-0.4, -0.2) is 35.8 Å². The van der Waals surface area contributed by atoms with Crippen LogP contribution in [-0.2, 0) is 4.79 Å². The average molecular weight is 264 g/mol. The maximum absolute atomic E-state index is 12.3. The van der Waals surface area contributed by atoms with E-state index < -0.39 is 0 Å². The number of carbonyl (C=O) groups excluding carboxylic acids is 2. The Morgan fingerprint density at radius 3 is 2.72 bits per heavy atom. The van der Waals surface area contributed by atoms with Gasteiger partial charge in [-0.05, 0) is 30.7 Å². The fraction of sp³-hybridized carbons (Fsp3) is 0.385. The molecule has 1 unspecified atom stereocenters. The molecule has 1 heterocycles. The van der Waals surface area contributed by atoms with E-state index in [1.807, 2.05) is 6.92 Å². The molecule has 0 saturated carbocycles. The molecule has 1 aromatic rings. The van der Waals surface area contributed by atoms with Gasteiger partial charge in [-0.2, -0.15) is 0 Å². The van der Waals surface area contributed by atoms with Gasteiger partial charge in [-0.15, -0.1) is 12.6 Å². The smallest absolute Gasteiger partial charge is 0.254 e. The fourth-order valence-corrected chi connectivity index (χ4v) is 2.28. The first-order valence-electron chi connectivity index (χ1n) is 6.01. The standard InChI is InChI=1S/C13H16N2O2S/c1-2-11-12(16)14-7-8-15(11)13(17)9-3-5-10(18)6-4-9/h3-6,11,18H,2,7-8H2,1H3,(H,14,16). The van der Waals surface area contributed by atoms with Crippen molar-refractivity contribution in [2.24, 2.45) is 0 Å². The van der Waals surface area contributed by atoms with E-state index >= 15 is 0 Å². The minimum atomic E-state index is -0.359. The highest BCUT2D eigenvalue weighted by Crippen LogP contribution is 2.15. The van der Waals surface area contributed by atoms with E-state index in [1.54, 1.807) is 29.2 Å². The van der Waals surface area contributed by atoms with Crippen LogP contribution in [0.15, 0.2) is 29.2 Å². The molecule has 18 heavy (non-hydrogen) atoms. The van der Waals surface area contributed by atoms with Gasteiger partial charge in [0.2, 0.25) is 5.91 Å². The van der Waals surface area contributed by atoms with E-state index in [4.69, 9.17) is 0 Å². The van der Waals surface area contributed by atoms with Gasteiger partial charge in [-0.3, -0.25) is 9.59 Å². The minimum absolute atomic E-state index is 0.0667. The first kappa shape index (κ1) is 13.0. The maximum Gasteiger partial charge on any atom is 0.254 e. The lowest BCUT2D eigenvalue weighted by molar-refractivity contribution is -0.127. The summed E-state index contributed by atoms with van der Waals surface area (Å²) in [6.07, 6.45) is 0.627. The Morgan fingerprint density at radius 1 is 1.44 bits per heavy atom. The van der Waals surface area contributed by atoms with Crippen LogP contribution in [0.5, 0.6) is 0 Å². The highest BCUT2D eigenvalue weighted by atomic mass is 32.1. The Bertz CT molecular complexity index is 459. The molecule has 1 fully saturated rings. The molecular formula is C13H16N2O2S. The van der Waals surface area contributed by atoms with E-state index in [2.05, 4.69) is 17.9 Å². The van der Waals surface area contributed by atoms with Gasteiger partial charge in [0.25, 0.3) is 5.91 Å². The predicted octanol–water partition coefficient (Wildman–Crippen LogP) is 1.33. The first-order valence-corrected chi connectivity index (χ1v) is 6.46. The summed E-state index contributed by atoms with van der Waals surface area (Å²) in [6, 6.07) is 6.68. The third-order valence-corrected chi connectivity index (χ3v) is 3.39. The summed E-state index contributed by atoms with van der Waals surface area (Å²) in [5.74, 6) is -0.159. The Balaban J connectivity index is 2.21. The van der Waals surface area contributed by atoms with Crippen LogP contribution >= 0.6 is 12.6 Å². The van der Waals surface area contributed by atoms with Crippen molar-refractivity contribution in [1.82, 2.24) is 10.2 Å². The van der Waals surface area contributed by atoms with E-state index in [9.17, 15) is 9.59 Å². The third-order valence-electron chi connectivity index (χ3n) is 3.09. The van der Waals surface area contributed by atoms with Gasteiger partial charge >= 0.3 is 0 Å². The second-order valence-corrected chi connectivity index (χ2v) is 4.78. The van der Waals surface area contributed by atoms with Gasteiger partial charge in [-0.1, -0.05) is 6.92 Å². The van der Waals surface area contributed by atoms with Crippen molar-refractivity contribution in [3.05, 3.63) is 29.8 Å². The van der Waals surface area contributed by atoms with Crippen molar-refractivity contribution in [2.45, 2.75) is 24.3 Å². The molecule has 0 aliphatic carbocycles. The van der Waals surface area contributed by atoms with Crippen molar-refractivity contribution < 1.29 is 9.59 Å². The highest BCUT2D eigenvalue weighted by Gasteiger charge is 2.31. The Labute approximate surface area is 112 Å². The number of carbonyl (C=O) groups is 2. The highest BCUT2D eigenvalue weighted by molar-refractivity contribution is 7.80. The van der Waals surface area contributed by atoms with E-state index in [0.29, 0.717) is 25.1 Å². The molecule has 1 N–H and O–H groups in total. The van der Waals surface area contributed by atoms with Gasteiger partial charge < -0.3 is 10.2 Å². The number of benzene rings is 1. The summed E-state index contributed by atoms with van der Waals surface area (Å²) >= 11 is 4.19. The second kappa shape index (κ2) is 5.44. The summed E-state index contributed by atoms with van der Waals surface area (Å²) in [6.45, 7) is 2.99. The largest absolute Gasteiger partial charge is 0.353 e.